The predicted molar refractivity (Wildman–Crippen MR) is 138 cm³/mol. The first-order valence-corrected chi connectivity index (χ1v) is 13.2. The number of allylic oxidation sites excluding steroid dienone is 5. The van der Waals surface area contributed by atoms with Gasteiger partial charge in [-0.25, -0.2) is 0 Å². The molecule has 0 aromatic heterocycles. The lowest BCUT2D eigenvalue weighted by molar-refractivity contribution is -0.123. The largest absolute Gasteiger partial charge is 0.394 e. The Hall–Kier alpha value is -1.39. The maximum atomic E-state index is 12.1. The smallest absolute Gasteiger partial charge is 0.220 e. The van der Waals surface area contributed by atoms with E-state index in [9.17, 15) is 15.0 Å². The molecule has 0 rings (SSSR count). The van der Waals surface area contributed by atoms with E-state index in [-0.39, 0.29) is 12.5 Å². The summed E-state index contributed by atoms with van der Waals surface area (Å²) in [5.41, 5.74) is 0. The first kappa shape index (κ1) is 30.6. The highest BCUT2D eigenvalue weighted by atomic mass is 16.3. The number of aliphatic hydroxyl groups excluding tert-OH is 2. The molecule has 0 saturated heterocycles. The van der Waals surface area contributed by atoms with Crippen LogP contribution in [-0.2, 0) is 4.79 Å². The Morgan fingerprint density at radius 1 is 0.719 bits per heavy atom. The third-order valence-electron chi connectivity index (χ3n) is 5.60. The fourth-order valence-electron chi connectivity index (χ4n) is 3.50. The first-order valence-electron chi connectivity index (χ1n) is 13.2. The van der Waals surface area contributed by atoms with Crippen LogP contribution in [0, 0.1) is 0 Å². The molecular weight excluding hydrogens is 398 g/mol. The van der Waals surface area contributed by atoms with Crippen molar-refractivity contribution in [1.82, 2.24) is 5.32 Å². The van der Waals surface area contributed by atoms with Crippen LogP contribution in [-0.4, -0.2) is 34.9 Å². The van der Waals surface area contributed by atoms with Crippen molar-refractivity contribution in [3.63, 3.8) is 0 Å². The zero-order valence-electron chi connectivity index (χ0n) is 20.9. The number of carbonyl (C=O) groups excluding carboxylic acids is 1. The lowest BCUT2D eigenvalue weighted by Gasteiger charge is -2.19. The topological polar surface area (TPSA) is 69.6 Å². The molecule has 0 bridgehead atoms. The average molecular weight is 450 g/mol. The summed E-state index contributed by atoms with van der Waals surface area (Å²) in [5, 5.41) is 22.5. The lowest BCUT2D eigenvalue weighted by atomic mass is 10.1. The van der Waals surface area contributed by atoms with Gasteiger partial charge in [-0.3, -0.25) is 4.79 Å². The molecule has 0 aliphatic carbocycles. The minimum atomic E-state index is -0.861. The standard InChI is InChI=1S/C28H51NO3/c1-3-5-7-9-11-12-13-14-15-16-18-19-21-23-27(31)26(25-30)29-28(32)24-22-20-17-10-8-6-4-2/h11-12,15-16,21,23,26-27,30-31H,3-10,13-14,17-20,22,24-25H2,1-2H3,(H,29,32)/b12-11+,16-15+,23-21+. The summed E-state index contributed by atoms with van der Waals surface area (Å²) >= 11 is 0. The monoisotopic (exact) mass is 449 g/mol. The zero-order chi connectivity index (χ0) is 23.7. The van der Waals surface area contributed by atoms with Crippen molar-refractivity contribution in [1.29, 1.82) is 0 Å². The quantitative estimate of drug-likeness (QED) is 0.126. The van der Waals surface area contributed by atoms with Crippen LogP contribution in [0.15, 0.2) is 36.5 Å². The Kier molecular flexibility index (Phi) is 23.2. The molecule has 0 spiro atoms. The highest BCUT2D eigenvalue weighted by Crippen LogP contribution is 2.09. The molecule has 32 heavy (non-hydrogen) atoms. The Bertz CT molecular complexity index is 499. The molecule has 0 radical (unpaired) electrons. The number of nitrogens with one attached hydrogen (secondary N) is 1. The average Bonchev–Trinajstić information content (AvgIpc) is 2.79. The van der Waals surface area contributed by atoms with Gasteiger partial charge in [0, 0.05) is 6.42 Å². The molecule has 0 aromatic rings. The lowest BCUT2D eigenvalue weighted by Crippen LogP contribution is -2.45. The van der Waals surface area contributed by atoms with Gasteiger partial charge in [0.15, 0.2) is 0 Å². The molecule has 186 valence electrons. The normalized spacial score (nSPS) is 14.0. The molecule has 4 heteroatoms. The van der Waals surface area contributed by atoms with Crippen molar-refractivity contribution in [3.8, 4) is 0 Å². The molecule has 4 nitrogen and oxygen atoms in total. The van der Waals surface area contributed by atoms with Gasteiger partial charge in [-0.1, -0.05) is 102 Å². The summed E-state index contributed by atoms with van der Waals surface area (Å²) in [7, 11) is 0. The van der Waals surface area contributed by atoms with Gasteiger partial charge in [0.1, 0.15) is 0 Å². The van der Waals surface area contributed by atoms with E-state index in [2.05, 4.69) is 43.5 Å². The first-order chi connectivity index (χ1) is 15.7. The third kappa shape index (κ3) is 20.5. The maximum absolute atomic E-state index is 12.1. The van der Waals surface area contributed by atoms with E-state index in [1.54, 1.807) is 6.08 Å². The van der Waals surface area contributed by atoms with Crippen LogP contribution in [0.25, 0.3) is 0 Å². The summed E-state index contributed by atoms with van der Waals surface area (Å²) in [4.78, 5) is 12.1. The molecule has 0 aromatic carbocycles. The van der Waals surface area contributed by atoms with Crippen molar-refractivity contribution in [2.24, 2.45) is 0 Å². The second-order valence-corrected chi connectivity index (χ2v) is 8.74. The third-order valence-corrected chi connectivity index (χ3v) is 5.60. The van der Waals surface area contributed by atoms with Crippen LogP contribution >= 0.6 is 0 Å². The number of rotatable bonds is 22. The van der Waals surface area contributed by atoms with Crippen LogP contribution in [0.2, 0.25) is 0 Å². The van der Waals surface area contributed by atoms with Gasteiger partial charge in [0.2, 0.25) is 5.91 Å². The van der Waals surface area contributed by atoms with Gasteiger partial charge in [0.05, 0.1) is 18.8 Å². The summed E-state index contributed by atoms with van der Waals surface area (Å²) < 4.78 is 0. The molecule has 0 aliphatic heterocycles. The van der Waals surface area contributed by atoms with E-state index in [4.69, 9.17) is 0 Å². The van der Waals surface area contributed by atoms with E-state index in [0.717, 1.165) is 38.5 Å². The minimum Gasteiger partial charge on any atom is -0.394 e. The molecule has 0 heterocycles. The number of carbonyl (C=O) groups is 1. The van der Waals surface area contributed by atoms with Crippen LogP contribution in [0.4, 0.5) is 0 Å². The van der Waals surface area contributed by atoms with Gasteiger partial charge in [0.25, 0.3) is 0 Å². The summed E-state index contributed by atoms with van der Waals surface area (Å²) in [6, 6.07) is -0.636. The van der Waals surface area contributed by atoms with Gasteiger partial charge >= 0.3 is 0 Å². The molecule has 0 fully saturated rings. The summed E-state index contributed by atoms with van der Waals surface area (Å²) in [5.74, 6) is -0.0904. The molecule has 0 aliphatic rings. The molecule has 3 N–H and O–H groups in total. The summed E-state index contributed by atoms with van der Waals surface area (Å²) in [6.45, 7) is 4.17. The maximum Gasteiger partial charge on any atom is 0.220 e. The Balaban J connectivity index is 3.85. The Morgan fingerprint density at radius 3 is 1.81 bits per heavy atom. The zero-order valence-corrected chi connectivity index (χ0v) is 20.9. The number of hydrogen-bond donors (Lipinski definition) is 3. The number of unbranched alkanes of at least 4 members (excludes halogenated alkanes) is 11. The van der Waals surface area contributed by atoms with Crippen molar-refractivity contribution in [2.45, 2.75) is 129 Å². The fraction of sp³-hybridized carbons (Fsp3) is 0.750. The van der Waals surface area contributed by atoms with Crippen molar-refractivity contribution in [3.05, 3.63) is 36.5 Å². The van der Waals surface area contributed by atoms with Crippen LogP contribution < -0.4 is 5.32 Å². The van der Waals surface area contributed by atoms with Gasteiger partial charge in [-0.2, -0.15) is 0 Å². The summed E-state index contributed by atoms with van der Waals surface area (Å²) in [6.07, 6.45) is 29.3. The van der Waals surface area contributed by atoms with Crippen molar-refractivity contribution >= 4 is 5.91 Å². The van der Waals surface area contributed by atoms with E-state index in [0.29, 0.717) is 6.42 Å². The van der Waals surface area contributed by atoms with E-state index >= 15 is 0 Å². The van der Waals surface area contributed by atoms with Crippen molar-refractivity contribution in [2.75, 3.05) is 6.61 Å². The van der Waals surface area contributed by atoms with Crippen LogP contribution in [0.5, 0.6) is 0 Å². The second kappa shape index (κ2) is 24.3. The molecule has 2 unspecified atom stereocenters. The van der Waals surface area contributed by atoms with Gasteiger partial charge in [-0.15, -0.1) is 0 Å². The van der Waals surface area contributed by atoms with E-state index < -0.39 is 12.1 Å². The van der Waals surface area contributed by atoms with Gasteiger partial charge < -0.3 is 15.5 Å². The molecule has 0 saturated carbocycles. The second-order valence-electron chi connectivity index (χ2n) is 8.74. The predicted octanol–water partition coefficient (Wildman–Crippen LogP) is 6.77. The van der Waals surface area contributed by atoms with E-state index in [1.165, 1.54) is 57.8 Å². The number of aliphatic hydroxyl groups is 2. The fourth-order valence-corrected chi connectivity index (χ4v) is 3.50. The Labute approximate surface area is 198 Å². The molecular formula is C28H51NO3. The number of hydrogen-bond acceptors (Lipinski definition) is 3. The highest BCUT2D eigenvalue weighted by molar-refractivity contribution is 5.76. The minimum absolute atomic E-state index is 0.0904. The number of amides is 1. The Morgan fingerprint density at radius 2 is 1.22 bits per heavy atom. The molecule has 2 atom stereocenters. The van der Waals surface area contributed by atoms with E-state index in [1.807, 2.05) is 6.08 Å². The van der Waals surface area contributed by atoms with Gasteiger partial charge in [-0.05, 0) is 44.9 Å². The van der Waals surface area contributed by atoms with Crippen LogP contribution in [0.1, 0.15) is 117 Å². The SMILES string of the molecule is CCCCC/C=C/CC/C=C/CC/C=C/C(O)C(CO)NC(=O)CCCCCCCCC. The molecule has 1 amide bonds. The highest BCUT2D eigenvalue weighted by Gasteiger charge is 2.17. The van der Waals surface area contributed by atoms with Crippen LogP contribution in [0.3, 0.4) is 0 Å². The van der Waals surface area contributed by atoms with Crippen molar-refractivity contribution < 1.29 is 15.0 Å².